The van der Waals surface area contributed by atoms with Gasteiger partial charge in [0, 0.05) is 21.5 Å². The van der Waals surface area contributed by atoms with Gasteiger partial charge in [-0.2, -0.15) is 9.61 Å². The Morgan fingerprint density at radius 2 is 1.97 bits per heavy atom. The van der Waals surface area contributed by atoms with Gasteiger partial charge in [0.15, 0.2) is 0 Å². The highest BCUT2D eigenvalue weighted by Crippen LogP contribution is 2.27. The summed E-state index contributed by atoms with van der Waals surface area (Å²) in [4.78, 5) is 30.6. The maximum atomic E-state index is 12.5. The molecule has 152 valence electrons. The van der Waals surface area contributed by atoms with E-state index in [1.807, 2.05) is 43.3 Å². The van der Waals surface area contributed by atoms with Crippen molar-refractivity contribution in [3.8, 4) is 10.6 Å². The lowest BCUT2D eigenvalue weighted by Crippen LogP contribution is -2.26. The number of amides is 1. The summed E-state index contributed by atoms with van der Waals surface area (Å²) in [6.07, 6.45) is 0. The van der Waals surface area contributed by atoms with Crippen molar-refractivity contribution in [1.29, 1.82) is 0 Å². The Morgan fingerprint density at radius 3 is 2.73 bits per heavy atom. The van der Waals surface area contributed by atoms with Crippen molar-refractivity contribution in [2.75, 3.05) is 5.75 Å². The van der Waals surface area contributed by atoms with Gasteiger partial charge in [-0.1, -0.05) is 47.2 Å². The zero-order chi connectivity index (χ0) is 21.1. The number of hydrogen-bond donors (Lipinski definition) is 1. The molecule has 6 nitrogen and oxygen atoms in total. The van der Waals surface area contributed by atoms with Crippen LogP contribution < -0.4 is 10.9 Å². The number of nitrogens with one attached hydrogen (secondary N) is 1. The number of carbonyl (C=O) groups is 1. The molecule has 1 amide bonds. The van der Waals surface area contributed by atoms with Gasteiger partial charge in [-0.15, -0.1) is 11.8 Å². The van der Waals surface area contributed by atoms with E-state index in [4.69, 9.17) is 11.6 Å². The largest absolute Gasteiger partial charge is 0.350 e. The summed E-state index contributed by atoms with van der Waals surface area (Å²) in [5.41, 5.74) is 2.29. The second-order valence-corrected chi connectivity index (χ2v) is 8.96. The Morgan fingerprint density at radius 1 is 1.20 bits per heavy atom. The number of halogens is 1. The van der Waals surface area contributed by atoms with E-state index in [2.05, 4.69) is 15.4 Å². The molecule has 2 aromatic heterocycles. The molecule has 0 aliphatic rings. The van der Waals surface area contributed by atoms with Gasteiger partial charge in [0.25, 0.3) is 5.56 Å². The van der Waals surface area contributed by atoms with Crippen LogP contribution in [0.5, 0.6) is 0 Å². The molecule has 4 rings (SSSR count). The van der Waals surface area contributed by atoms with Crippen LogP contribution in [0.15, 0.2) is 64.3 Å². The first-order valence-electron chi connectivity index (χ1n) is 9.10. The van der Waals surface area contributed by atoms with Crippen LogP contribution in [0.25, 0.3) is 15.5 Å². The highest BCUT2D eigenvalue weighted by atomic mass is 35.5. The summed E-state index contributed by atoms with van der Waals surface area (Å²) in [7, 11) is 0. The lowest BCUT2D eigenvalue weighted by Gasteiger charge is -2.05. The number of aryl methyl sites for hydroxylation is 1. The molecule has 9 heteroatoms. The number of rotatable bonds is 6. The van der Waals surface area contributed by atoms with E-state index in [9.17, 15) is 9.59 Å². The number of thioether (sulfide) groups is 1. The van der Waals surface area contributed by atoms with E-state index < -0.39 is 0 Å². The zero-order valence-corrected chi connectivity index (χ0v) is 18.4. The molecule has 0 aliphatic carbocycles. The average molecular weight is 457 g/mol. The molecule has 0 atom stereocenters. The average Bonchev–Trinajstić information content (AvgIpc) is 3.17. The van der Waals surface area contributed by atoms with Crippen LogP contribution in [0.1, 0.15) is 11.3 Å². The van der Waals surface area contributed by atoms with Crippen LogP contribution in [0.3, 0.4) is 0 Å². The minimum atomic E-state index is -0.268. The van der Waals surface area contributed by atoms with Gasteiger partial charge in [-0.3, -0.25) is 9.59 Å². The minimum Gasteiger partial charge on any atom is -0.350 e. The number of carbonyl (C=O) groups excluding carboxylic acids is 1. The van der Waals surface area contributed by atoms with Gasteiger partial charge in [0.05, 0.1) is 18.0 Å². The zero-order valence-electron chi connectivity index (χ0n) is 16.0. The van der Waals surface area contributed by atoms with Gasteiger partial charge in [0.2, 0.25) is 10.9 Å². The molecule has 0 saturated heterocycles. The molecular formula is C21H17ClN4O2S2. The molecule has 2 heterocycles. The van der Waals surface area contributed by atoms with Crippen molar-refractivity contribution in [1.82, 2.24) is 19.9 Å². The molecule has 1 N–H and O–H groups in total. The summed E-state index contributed by atoms with van der Waals surface area (Å²) in [5, 5.41) is 8.61. The molecular weight excluding hydrogens is 440 g/mol. The van der Waals surface area contributed by atoms with Crippen LogP contribution in [-0.2, 0) is 11.3 Å². The van der Waals surface area contributed by atoms with E-state index in [-0.39, 0.29) is 23.8 Å². The first-order chi connectivity index (χ1) is 14.5. The van der Waals surface area contributed by atoms with Gasteiger partial charge in [-0.25, -0.2) is 4.98 Å². The van der Waals surface area contributed by atoms with Crippen LogP contribution in [-0.4, -0.2) is 26.3 Å². The Bertz CT molecular complexity index is 1270. The van der Waals surface area contributed by atoms with Crippen LogP contribution in [0, 0.1) is 6.92 Å². The fourth-order valence-corrected chi connectivity index (χ4v) is 4.66. The van der Waals surface area contributed by atoms with E-state index >= 15 is 0 Å². The van der Waals surface area contributed by atoms with Crippen molar-refractivity contribution in [2.24, 2.45) is 0 Å². The first kappa shape index (κ1) is 20.6. The fourth-order valence-electron chi connectivity index (χ4n) is 2.79. The normalized spacial score (nSPS) is 11.0. The van der Waals surface area contributed by atoms with Gasteiger partial charge < -0.3 is 5.32 Å². The number of aromatic nitrogens is 3. The van der Waals surface area contributed by atoms with Crippen molar-refractivity contribution in [2.45, 2.75) is 18.4 Å². The number of benzene rings is 2. The van der Waals surface area contributed by atoms with Gasteiger partial charge >= 0.3 is 0 Å². The molecule has 30 heavy (non-hydrogen) atoms. The molecule has 0 aliphatic heterocycles. The minimum absolute atomic E-state index is 0.137. The third-order valence-electron chi connectivity index (χ3n) is 4.32. The lowest BCUT2D eigenvalue weighted by atomic mass is 10.1. The number of nitrogens with zero attached hydrogens (tertiary/aromatic N) is 3. The maximum absolute atomic E-state index is 12.5. The molecule has 0 radical (unpaired) electrons. The Hall–Kier alpha value is -2.68. The van der Waals surface area contributed by atoms with E-state index in [0.717, 1.165) is 21.0 Å². The molecule has 2 aromatic carbocycles. The Kier molecular flexibility index (Phi) is 6.17. The van der Waals surface area contributed by atoms with Crippen LogP contribution in [0.4, 0.5) is 0 Å². The SMILES string of the molecule is Cc1ccccc1-c1nn2c(=O)cc(CNC(=O)CSc3ccc(Cl)cc3)nc2s1. The van der Waals surface area contributed by atoms with Gasteiger partial charge in [0.1, 0.15) is 5.01 Å². The summed E-state index contributed by atoms with van der Waals surface area (Å²) >= 11 is 8.63. The standard InChI is InChI=1S/C21H17ClN4O2S2/c1-13-4-2-3-5-17(13)20-25-26-19(28)10-15(24-21(26)30-20)11-23-18(27)12-29-16-8-6-14(22)7-9-16/h2-10H,11-12H2,1H3,(H,23,27). The number of hydrogen-bond acceptors (Lipinski definition) is 6. The molecule has 0 spiro atoms. The monoisotopic (exact) mass is 456 g/mol. The molecule has 0 bridgehead atoms. The topological polar surface area (TPSA) is 76.4 Å². The third-order valence-corrected chi connectivity index (χ3v) is 6.53. The Labute approximate surface area is 185 Å². The highest BCUT2D eigenvalue weighted by Gasteiger charge is 2.12. The van der Waals surface area contributed by atoms with Crippen molar-refractivity contribution in [3.05, 3.63) is 81.2 Å². The smallest absolute Gasteiger partial charge is 0.275 e. The highest BCUT2D eigenvalue weighted by molar-refractivity contribution is 8.00. The van der Waals surface area contributed by atoms with E-state index in [0.29, 0.717) is 15.7 Å². The third kappa shape index (κ3) is 4.72. The van der Waals surface area contributed by atoms with Crippen molar-refractivity contribution < 1.29 is 4.79 Å². The molecule has 0 unspecified atom stereocenters. The summed E-state index contributed by atoms with van der Waals surface area (Å²) < 4.78 is 1.30. The first-order valence-corrected chi connectivity index (χ1v) is 11.3. The predicted molar refractivity (Wildman–Crippen MR) is 121 cm³/mol. The molecule has 0 saturated carbocycles. The van der Waals surface area contributed by atoms with Gasteiger partial charge in [-0.05, 0) is 36.8 Å². The van der Waals surface area contributed by atoms with Crippen molar-refractivity contribution >= 4 is 45.6 Å². The van der Waals surface area contributed by atoms with E-state index in [1.54, 1.807) is 12.1 Å². The fraction of sp³-hybridized carbons (Fsp3) is 0.143. The van der Waals surface area contributed by atoms with Crippen molar-refractivity contribution in [3.63, 3.8) is 0 Å². The van der Waals surface area contributed by atoms with Crippen LogP contribution in [0.2, 0.25) is 5.02 Å². The summed E-state index contributed by atoms with van der Waals surface area (Å²) in [6.45, 7) is 2.18. The molecule has 0 fully saturated rings. The predicted octanol–water partition coefficient (Wildman–Crippen LogP) is 4.19. The maximum Gasteiger partial charge on any atom is 0.275 e. The van der Waals surface area contributed by atoms with E-state index in [1.165, 1.54) is 33.7 Å². The summed E-state index contributed by atoms with van der Waals surface area (Å²) in [5.74, 6) is 0.128. The second kappa shape index (κ2) is 8.99. The lowest BCUT2D eigenvalue weighted by molar-refractivity contribution is -0.118. The summed E-state index contributed by atoms with van der Waals surface area (Å²) in [6, 6.07) is 16.6. The number of fused-ring (bicyclic) bond motifs is 1. The Balaban J connectivity index is 1.44. The molecule has 4 aromatic rings. The van der Waals surface area contributed by atoms with Crippen LogP contribution >= 0.6 is 34.7 Å². The second-order valence-electron chi connectivity index (χ2n) is 6.52. The quantitative estimate of drug-likeness (QED) is 0.440.